The number of hydrogen-bond donors (Lipinski definition) is 2. The molecule has 1 amide bonds. The molecule has 6 heteroatoms. The second-order valence-electron chi connectivity index (χ2n) is 2.42. The van der Waals surface area contributed by atoms with Crippen LogP contribution in [0.3, 0.4) is 0 Å². The number of imidazole rings is 1. The number of aromatic nitrogens is 2. The van der Waals surface area contributed by atoms with Crippen LogP contribution in [0.25, 0.3) is 0 Å². The maximum Gasteiger partial charge on any atom is 0.359 e. The van der Waals surface area contributed by atoms with Gasteiger partial charge < -0.3 is 15.5 Å². The van der Waals surface area contributed by atoms with Gasteiger partial charge in [0, 0.05) is 5.69 Å². The number of carbonyl (C=O) groups excluding carboxylic acids is 2. The van der Waals surface area contributed by atoms with Gasteiger partial charge in [-0.1, -0.05) is 0 Å². The normalized spacial score (nSPS) is 9.62. The number of carbonyl (C=O) groups is 2. The van der Waals surface area contributed by atoms with Crippen molar-refractivity contribution in [1.82, 2.24) is 9.97 Å². The Bertz CT molecular complexity index is 331. The first-order valence-corrected chi connectivity index (χ1v) is 3.56. The minimum atomic E-state index is -0.693. The van der Waals surface area contributed by atoms with Crippen molar-refractivity contribution in [2.75, 3.05) is 6.61 Å². The minimum absolute atomic E-state index is 0.168. The summed E-state index contributed by atoms with van der Waals surface area (Å²) in [4.78, 5) is 27.8. The van der Waals surface area contributed by atoms with Crippen LogP contribution in [0.1, 0.15) is 16.2 Å². The molecule has 0 aliphatic heterocycles. The largest absolute Gasteiger partial charge is 0.451 e. The van der Waals surface area contributed by atoms with E-state index in [1.165, 1.54) is 6.33 Å². The predicted octanol–water partition coefficient (Wildman–Crippen LogP) is -0.640. The Morgan fingerprint density at radius 2 is 2.38 bits per heavy atom. The minimum Gasteiger partial charge on any atom is -0.451 e. The number of esters is 1. The van der Waals surface area contributed by atoms with E-state index in [2.05, 4.69) is 14.7 Å². The number of rotatable bonds is 3. The van der Waals surface area contributed by atoms with Crippen molar-refractivity contribution >= 4 is 11.9 Å². The predicted molar refractivity (Wildman–Crippen MR) is 42.8 cm³/mol. The Kier molecular flexibility index (Phi) is 2.63. The zero-order valence-corrected chi connectivity index (χ0v) is 7.03. The van der Waals surface area contributed by atoms with E-state index < -0.39 is 18.5 Å². The van der Waals surface area contributed by atoms with Gasteiger partial charge in [-0.25, -0.2) is 9.78 Å². The fourth-order valence-corrected chi connectivity index (χ4v) is 0.770. The summed E-state index contributed by atoms with van der Waals surface area (Å²) in [6.07, 6.45) is 1.37. The molecule has 0 saturated carbocycles. The first-order valence-electron chi connectivity index (χ1n) is 3.56. The van der Waals surface area contributed by atoms with E-state index in [0.29, 0.717) is 5.69 Å². The molecule has 0 saturated heterocycles. The number of primary amides is 1. The summed E-state index contributed by atoms with van der Waals surface area (Å²) in [5, 5.41) is 0. The van der Waals surface area contributed by atoms with Crippen LogP contribution in [0, 0.1) is 6.92 Å². The molecule has 1 heterocycles. The number of ether oxygens (including phenoxy) is 1. The standard InChI is InChI=1S/C7H9N3O3/c1-4-6(10-3-9-4)7(12)13-2-5(8)11/h3H,2H2,1H3,(H2,8,11)(H,9,10). The van der Waals surface area contributed by atoms with Crippen molar-refractivity contribution in [2.45, 2.75) is 6.92 Å². The average Bonchev–Trinajstić information content (AvgIpc) is 2.47. The van der Waals surface area contributed by atoms with Crippen LogP contribution >= 0.6 is 0 Å². The summed E-state index contributed by atoms with van der Waals surface area (Å²) in [5.41, 5.74) is 5.55. The number of nitrogens with zero attached hydrogens (tertiary/aromatic N) is 1. The highest BCUT2D eigenvalue weighted by Gasteiger charge is 2.13. The molecule has 13 heavy (non-hydrogen) atoms. The number of H-pyrrole nitrogens is 1. The van der Waals surface area contributed by atoms with Crippen LogP contribution in [0.5, 0.6) is 0 Å². The maximum absolute atomic E-state index is 11.1. The molecule has 1 aromatic heterocycles. The second-order valence-corrected chi connectivity index (χ2v) is 2.42. The van der Waals surface area contributed by atoms with E-state index in [0.717, 1.165) is 0 Å². The molecule has 1 rings (SSSR count). The number of aryl methyl sites for hydroxylation is 1. The number of nitrogens with one attached hydrogen (secondary N) is 1. The Morgan fingerprint density at radius 3 is 2.85 bits per heavy atom. The van der Waals surface area contributed by atoms with Gasteiger partial charge in [0.2, 0.25) is 0 Å². The number of nitrogens with two attached hydrogens (primary N) is 1. The van der Waals surface area contributed by atoms with Gasteiger partial charge in [-0.05, 0) is 6.92 Å². The van der Waals surface area contributed by atoms with Gasteiger partial charge in [0.1, 0.15) is 0 Å². The van der Waals surface area contributed by atoms with Gasteiger partial charge in [-0.15, -0.1) is 0 Å². The van der Waals surface area contributed by atoms with E-state index in [-0.39, 0.29) is 5.69 Å². The Morgan fingerprint density at radius 1 is 1.69 bits per heavy atom. The molecule has 0 bridgehead atoms. The van der Waals surface area contributed by atoms with Crippen LogP contribution in [0.4, 0.5) is 0 Å². The maximum atomic E-state index is 11.1. The number of aromatic amines is 1. The van der Waals surface area contributed by atoms with Gasteiger partial charge in [0.25, 0.3) is 5.91 Å². The van der Waals surface area contributed by atoms with Crippen LogP contribution in [-0.2, 0) is 9.53 Å². The molecular weight excluding hydrogens is 174 g/mol. The summed E-state index contributed by atoms with van der Waals surface area (Å²) in [5.74, 6) is -1.35. The lowest BCUT2D eigenvalue weighted by Crippen LogP contribution is -2.21. The molecule has 0 radical (unpaired) electrons. The van der Waals surface area contributed by atoms with Gasteiger partial charge in [0.15, 0.2) is 12.3 Å². The zero-order valence-electron chi connectivity index (χ0n) is 7.03. The molecule has 0 aliphatic rings. The highest BCUT2D eigenvalue weighted by Crippen LogP contribution is 2.01. The highest BCUT2D eigenvalue weighted by molar-refractivity contribution is 5.90. The third-order valence-electron chi connectivity index (χ3n) is 1.37. The molecule has 3 N–H and O–H groups in total. The topological polar surface area (TPSA) is 98.1 Å². The third kappa shape index (κ3) is 2.29. The molecular formula is C7H9N3O3. The molecule has 6 nitrogen and oxygen atoms in total. The first-order chi connectivity index (χ1) is 6.11. The van der Waals surface area contributed by atoms with Crippen molar-refractivity contribution in [1.29, 1.82) is 0 Å². The van der Waals surface area contributed by atoms with Gasteiger partial charge in [-0.2, -0.15) is 0 Å². The van der Waals surface area contributed by atoms with Crippen molar-refractivity contribution in [2.24, 2.45) is 5.73 Å². The summed E-state index contributed by atoms with van der Waals surface area (Å²) in [7, 11) is 0. The summed E-state index contributed by atoms with van der Waals surface area (Å²) >= 11 is 0. The Balaban J connectivity index is 2.59. The molecule has 0 spiro atoms. The SMILES string of the molecule is Cc1[nH]cnc1C(=O)OCC(N)=O. The molecule has 70 valence electrons. The van der Waals surface area contributed by atoms with Gasteiger partial charge >= 0.3 is 5.97 Å². The first kappa shape index (κ1) is 9.24. The lowest BCUT2D eigenvalue weighted by Gasteiger charge is -1.99. The molecule has 0 atom stereocenters. The quantitative estimate of drug-likeness (QED) is 0.609. The zero-order chi connectivity index (χ0) is 9.84. The smallest absolute Gasteiger partial charge is 0.359 e. The third-order valence-corrected chi connectivity index (χ3v) is 1.37. The van der Waals surface area contributed by atoms with E-state index in [1.807, 2.05) is 0 Å². The highest BCUT2D eigenvalue weighted by atomic mass is 16.5. The van der Waals surface area contributed by atoms with E-state index in [4.69, 9.17) is 5.73 Å². The number of amides is 1. The summed E-state index contributed by atoms with van der Waals surface area (Å²) in [6.45, 7) is 1.25. The molecule has 0 unspecified atom stereocenters. The lowest BCUT2D eigenvalue weighted by molar-refractivity contribution is -0.121. The monoisotopic (exact) mass is 183 g/mol. The summed E-state index contributed by atoms with van der Waals surface area (Å²) < 4.78 is 4.53. The molecule has 0 aromatic carbocycles. The fourth-order valence-electron chi connectivity index (χ4n) is 0.770. The second kappa shape index (κ2) is 3.70. The van der Waals surface area contributed by atoms with E-state index in [9.17, 15) is 9.59 Å². The van der Waals surface area contributed by atoms with Gasteiger partial charge in [0.05, 0.1) is 6.33 Å². The average molecular weight is 183 g/mol. The molecule has 0 fully saturated rings. The van der Waals surface area contributed by atoms with Crippen molar-refractivity contribution in [3.05, 3.63) is 17.7 Å². The number of hydrogen-bond acceptors (Lipinski definition) is 4. The van der Waals surface area contributed by atoms with Crippen LogP contribution < -0.4 is 5.73 Å². The molecule has 0 aliphatic carbocycles. The molecule has 1 aromatic rings. The van der Waals surface area contributed by atoms with Gasteiger partial charge in [-0.3, -0.25) is 4.79 Å². The Labute approximate surface area is 74.1 Å². The Hall–Kier alpha value is -1.85. The van der Waals surface area contributed by atoms with E-state index >= 15 is 0 Å². The fraction of sp³-hybridized carbons (Fsp3) is 0.286. The van der Waals surface area contributed by atoms with Crippen molar-refractivity contribution in [3.8, 4) is 0 Å². The lowest BCUT2D eigenvalue weighted by atomic mass is 10.3. The van der Waals surface area contributed by atoms with Crippen molar-refractivity contribution < 1.29 is 14.3 Å². The van der Waals surface area contributed by atoms with Crippen LogP contribution in [-0.4, -0.2) is 28.5 Å². The van der Waals surface area contributed by atoms with E-state index in [1.54, 1.807) is 6.92 Å². The van der Waals surface area contributed by atoms with Crippen LogP contribution in [0.2, 0.25) is 0 Å². The van der Waals surface area contributed by atoms with Crippen LogP contribution in [0.15, 0.2) is 6.33 Å². The summed E-state index contributed by atoms with van der Waals surface area (Å²) in [6, 6.07) is 0. The van der Waals surface area contributed by atoms with Crippen molar-refractivity contribution in [3.63, 3.8) is 0 Å².